The SMILES string of the molecule is COCC(C)C1(CNC(C)C)CCOC1C1CC1. The molecule has 0 radical (unpaired) electrons. The molecule has 1 saturated carbocycles. The Labute approximate surface area is 112 Å². The summed E-state index contributed by atoms with van der Waals surface area (Å²) in [6, 6.07) is 0.539. The predicted molar refractivity (Wildman–Crippen MR) is 73.7 cm³/mol. The highest BCUT2D eigenvalue weighted by atomic mass is 16.5. The van der Waals surface area contributed by atoms with E-state index >= 15 is 0 Å². The van der Waals surface area contributed by atoms with Gasteiger partial charge in [0, 0.05) is 38.3 Å². The van der Waals surface area contributed by atoms with E-state index < -0.39 is 0 Å². The van der Waals surface area contributed by atoms with Gasteiger partial charge in [-0.1, -0.05) is 20.8 Å². The van der Waals surface area contributed by atoms with Crippen molar-refractivity contribution in [3.05, 3.63) is 0 Å². The summed E-state index contributed by atoms with van der Waals surface area (Å²) in [4.78, 5) is 0. The standard InChI is InChI=1S/C15H29NO2/c1-11(2)16-10-15(12(3)9-17-4)7-8-18-14(15)13-5-6-13/h11-14,16H,5-10H2,1-4H3. The van der Waals surface area contributed by atoms with Crippen LogP contribution in [0.1, 0.15) is 40.0 Å². The Bertz CT molecular complexity index is 265. The van der Waals surface area contributed by atoms with E-state index in [1.807, 2.05) is 7.11 Å². The first-order chi connectivity index (χ1) is 8.60. The highest BCUT2D eigenvalue weighted by Crippen LogP contribution is 2.51. The van der Waals surface area contributed by atoms with Crippen molar-refractivity contribution in [2.75, 3.05) is 26.9 Å². The summed E-state index contributed by atoms with van der Waals surface area (Å²) in [7, 11) is 1.81. The molecule has 2 aliphatic rings. The fourth-order valence-electron chi connectivity index (χ4n) is 3.39. The smallest absolute Gasteiger partial charge is 0.0675 e. The molecule has 0 spiro atoms. The Kier molecular flexibility index (Phi) is 4.68. The summed E-state index contributed by atoms with van der Waals surface area (Å²) in [5.74, 6) is 1.36. The highest BCUT2D eigenvalue weighted by Gasteiger charge is 2.53. The van der Waals surface area contributed by atoms with Gasteiger partial charge in [0.05, 0.1) is 6.10 Å². The van der Waals surface area contributed by atoms with E-state index in [2.05, 4.69) is 26.1 Å². The molecule has 3 heteroatoms. The maximum Gasteiger partial charge on any atom is 0.0675 e. The maximum atomic E-state index is 6.10. The topological polar surface area (TPSA) is 30.5 Å². The van der Waals surface area contributed by atoms with Crippen LogP contribution >= 0.6 is 0 Å². The lowest BCUT2D eigenvalue weighted by Crippen LogP contribution is -2.49. The number of methoxy groups -OCH3 is 1. The third-order valence-corrected chi connectivity index (χ3v) is 4.72. The molecule has 0 aromatic carbocycles. The molecule has 1 aliphatic carbocycles. The third-order valence-electron chi connectivity index (χ3n) is 4.72. The van der Waals surface area contributed by atoms with Gasteiger partial charge in [-0.05, 0) is 31.1 Å². The van der Waals surface area contributed by atoms with Gasteiger partial charge in [-0.25, -0.2) is 0 Å². The van der Waals surface area contributed by atoms with Gasteiger partial charge in [-0.15, -0.1) is 0 Å². The van der Waals surface area contributed by atoms with E-state index in [0.29, 0.717) is 18.1 Å². The number of hydrogen-bond acceptors (Lipinski definition) is 3. The minimum atomic E-state index is 0.279. The monoisotopic (exact) mass is 255 g/mol. The van der Waals surface area contributed by atoms with Gasteiger partial charge in [0.25, 0.3) is 0 Å². The molecule has 0 aromatic rings. The third kappa shape index (κ3) is 2.89. The number of hydrogen-bond donors (Lipinski definition) is 1. The normalized spacial score (nSPS) is 34.2. The lowest BCUT2D eigenvalue weighted by atomic mass is 9.69. The molecule has 0 aromatic heterocycles. The first-order valence-corrected chi connectivity index (χ1v) is 7.44. The molecule has 0 bridgehead atoms. The Morgan fingerprint density at radius 2 is 2.06 bits per heavy atom. The summed E-state index contributed by atoms with van der Waals surface area (Å²) in [6.07, 6.45) is 4.34. The maximum absolute atomic E-state index is 6.10. The Hall–Kier alpha value is -0.120. The van der Waals surface area contributed by atoms with Crippen LogP contribution in [0.25, 0.3) is 0 Å². The number of ether oxygens (including phenoxy) is 2. The van der Waals surface area contributed by atoms with Gasteiger partial charge < -0.3 is 14.8 Å². The number of rotatable bonds is 7. The fourth-order valence-corrected chi connectivity index (χ4v) is 3.39. The quantitative estimate of drug-likeness (QED) is 0.758. The van der Waals surface area contributed by atoms with Crippen molar-refractivity contribution >= 4 is 0 Å². The Morgan fingerprint density at radius 3 is 2.61 bits per heavy atom. The lowest BCUT2D eigenvalue weighted by Gasteiger charge is -2.40. The lowest BCUT2D eigenvalue weighted by molar-refractivity contribution is -0.0188. The van der Waals surface area contributed by atoms with Gasteiger partial charge in [-0.3, -0.25) is 0 Å². The van der Waals surface area contributed by atoms with Crippen LogP contribution in [0, 0.1) is 17.3 Å². The molecular weight excluding hydrogens is 226 g/mol. The van der Waals surface area contributed by atoms with Crippen LogP contribution in [-0.2, 0) is 9.47 Å². The fraction of sp³-hybridized carbons (Fsp3) is 1.00. The van der Waals surface area contributed by atoms with Crippen molar-refractivity contribution in [2.24, 2.45) is 17.3 Å². The first-order valence-electron chi connectivity index (χ1n) is 7.44. The Balaban J connectivity index is 2.09. The van der Waals surface area contributed by atoms with Crippen molar-refractivity contribution < 1.29 is 9.47 Å². The van der Waals surface area contributed by atoms with E-state index in [0.717, 1.165) is 25.7 Å². The van der Waals surface area contributed by atoms with Crippen LogP contribution in [-0.4, -0.2) is 39.0 Å². The average molecular weight is 255 g/mol. The van der Waals surface area contributed by atoms with Crippen LogP contribution < -0.4 is 5.32 Å². The molecule has 1 aliphatic heterocycles. The van der Waals surface area contributed by atoms with Crippen molar-refractivity contribution in [3.8, 4) is 0 Å². The zero-order valence-corrected chi connectivity index (χ0v) is 12.4. The van der Waals surface area contributed by atoms with Gasteiger partial charge >= 0.3 is 0 Å². The summed E-state index contributed by atoms with van der Waals surface area (Å²) in [5, 5.41) is 3.64. The second-order valence-electron chi connectivity index (χ2n) is 6.50. The summed E-state index contributed by atoms with van der Waals surface area (Å²) >= 11 is 0. The second kappa shape index (κ2) is 5.89. The van der Waals surface area contributed by atoms with Gasteiger partial charge in [0.15, 0.2) is 0 Å². The summed E-state index contributed by atoms with van der Waals surface area (Å²) < 4.78 is 11.5. The molecule has 18 heavy (non-hydrogen) atoms. The first kappa shape index (κ1) is 14.3. The Morgan fingerprint density at radius 1 is 1.33 bits per heavy atom. The van der Waals surface area contributed by atoms with E-state index in [9.17, 15) is 0 Å². The minimum absolute atomic E-state index is 0.279. The predicted octanol–water partition coefficient (Wildman–Crippen LogP) is 2.45. The van der Waals surface area contributed by atoms with Crippen LogP contribution in [0.2, 0.25) is 0 Å². The molecule has 106 valence electrons. The molecule has 1 heterocycles. The molecule has 2 rings (SSSR count). The van der Waals surface area contributed by atoms with Crippen molar-refractivity contribution in [3.63, 3.8) is 0 Å². The molecule has 1 N–H and O–H groups in total. The van der Waals surface area contributed by atoms with Crippen LogP contribution in [0.5, 0.6) is 0 Å². The zero-order chi connectivity index (χ0) is 13.2. The van der Waals surface area contributed by atoms with Crippen molar-refractivity contribution in [1.82, 2.24) is 5.32 Å². The molecule has 1 saturated heterocycles. The van der Waals surface area contributed by atoms with Crippen molar-refractivity contribution in [2.45, 2.75) is 52.2 Å². The van der Waals surface area contributed by atoms with Crippen LogP contribution in [0.4, 0.5) is 0 Å². The van der Waals surface area contributed by atoms with Crippen LogP contribution in [0.15, 0.2) is 0 Å². The van der Waals surface area contributed by atoms with Gasteiger partial charge in [-0.2, -0.15) is 0 Å². The van der Waals surface area contributed by atoms with Crippen LogP contribution in [0.3, 0.4) is 0 Å². The van der Waals surface area contributed by atoms with Gasteiger partial charge in [0.2, 0.25) is 0 Å². The number of nitrogens with one attached hydrogen (secondary N) is 1. The van der Waals surface area contributed by atoms with E-state index in [1.165, 1.54) is 19.3 Å². The minimum Gasteiger partial charge on any atom is -0.384 e. The van der Waals surface area contributed by atoms with E-state index in [-0.39, 0.29) is 5.41 Å². The highest BCUT2D eigenvalue weighted by molar-refractivity contribution is 5.03. The summed E-state index contributed by atoms with van der Waals surface area (Å²) in [6.45, 7) is 9.60. The molecule has 2 fully saturated rings. The molecule has 3 unspecified atom stereocenters. The zero-order valence-electron chi connectivity index (χ0n) is 12.4. The van der Waals surface area contributed by atoms with Crippen molar-refractivity contribution in [1.29, 1.82) is 0 Å². The molecule has 0 amide bonds. The van der Waals surface area contributed by atoms with E-state index in [4.69, 9.17) is 9.47 Å². The van der Waals surface area contributed by atoms with Gasteiger partial charge in [0.1, 0.15) is 0 Å². The second-order valence-corrected chi connectivity index (χ2v) is 6.50. The summed E-state index contributed by atoms with van der Waals surface area (Å²) in [5.41, 5.74) is 0.279. The molecule has 3 nitrogen and oxygen atoms in total. The molecule has 3 atom stereocenters. The average Bonchev–Trinajstić information content (AvgIpc) is 3.07. The largest absolute Gasteiger partial charge is 0.384 e. The molecular formula is C15H29NO2. The van der Waals surface area contributed by atoms with E-state index in [1.54, 1.807) is 0 Å².